The molecule has 1 aromatic carbocycles. The number of pyridine rings is 1. The minimum Gasteiger partial charge on any atom is -0.508 e. The van der Waals surface area contributed by atoms with Crippen LogP contribution in [0.3, 0.4) is 0 Å². The molecule has 2 heterocycles. The molecule has 3 atom stereocenters. The third kappa shape index (κ3) is 4.07. The van der Waals surface area contributed by atoms with Crippen molar-refractivity contribution in [3.63, 3.8) is 0 Å². The summed E-state index contributed by atoms with van der Waals surface area (Å²) in [6.45, 7) is 2.22. The van der Waals surface area contributed by atoms with E-state index in [1.54, 1.807) is 18.2 Å². The molecule has 2 fully saturated rings. The zero-order valence-corrected chi connectivity index (χ0v) is 14.7. The average molecular weight is 360 g/mol. The molecule has 0 spiro atoms. The normalized spacial score (nSPS) is 25.9. The first-order valence-electron chi connectivity index (χ1n) is 8.58. The predicted molar refractivity (Wildman–Crippen MR) is 95.2 cm³/mol. The highest BCUT2D eigenvalue weighted by Gasteiger charge is 2.41. The maximum absolute atomic E-state index is 12.9. The summed E-state index contributed by atoms with van der Waals surface area (Å²) in [6.07, 6.45) is 3.80. The molecule has 25 heavy (non-hydrogen) atoms. The summed E-state index contributed by atoms with van der Waals surface area (Å²) in [6, 6.07) is 10.4. The lowest BCUT2D eigenvalue weighted by Gasteiger charge is -2.19. The third-order valence-corrected chi connectivity index (χ3v) is 6.14. The number of ether oxygens (including phenoxy) is 1. The van der Waals surface area contributed by atoms with Crippen LogP contribution in [-0.2, 0) is 0 Å². The predicted octanol–water partition coefficient (Wildman–Crippen LogP) is 3.77. The molecular weight excluding hydrogens is 339 g/mol. The maximum atomic E-state index is 12.9. The van der Waals surface area contributed by atoms with E-state index >= 15 is 0 Å². The van der Waals surface area contributed by atoms with Gasteiger partial charge >= 0.3 is 0 Å². The fourth-order valence-electron chi connectivity index (χ4n) is 3.88. The number of rotatable bonds is 5. The molecule has 4 nitrogen and oxygen atoms in total. The lowest BCUT2D eigenvalue weighted by atomic mass is 10.0. The molecule has 2 aromatic rings. The largest absolute Gasteiger partial charge is 0.508 e. The van der Waals surface area contributed by atoms with Gasteiger partial charge in [0.05, 0.1) is 12.3 Å². The van der Waals surface area contributed by atoms with Crippen molar-refractivity contribution in [3.8, 4) is 11.5 Å². The Morgan fingerprint density at radius 1 is 1.12 bits per heavy atom. The van der Waals surface area contributed by atoms with E-state index in [-0.39, 0.29) is 6.10 Å². The van der Waals surface area contributed by atoms with E-state index in [9.17, 15) is 9.50 Å². The number of thioether (sulfide) groups is 1. The molecule has 132 valence electrons. The number of hydrogen-bond donors (Lipinski definition) is 1. The zero-order chi connectivity index (χ0) is 17.2. The van der Waals surface area contributed by atoms with Crippen LogP contribution in [0.1, 0.15) is 12.8 Å². The van der Waals surface area contributed by atoms with Crippen molar-refractivity contribution in [1.29, 1.82) is 0 Å². The van der Waals surface area contributed by atoms with Gasteiger partial charge in [-0.3, -0.25) is 4.90 Å². The van der Waals surface area contributed by atoms with Crippen LogP contribution in [0.4, 0.5) is 4.39 Å². The number of benzene rings is 1. The molecule has 1 aliphatic heterocycles. The SMILES string of the molecule is Oc1ccc(SCN2C[C@H]3C[C@H](Oc4ccc(F)nc4)C[C@H]3C2)cc1. The number of phenols is 1. The molecule has 0 radical (unpaired) electrons. The lowest BCUT2D eigenvalue weighted by molar-refractivity contribution is 0.188. The van der Waals surface area contributed by atoms with Crippen LogP contribution in [0.5, 0.6) is 11.5 Å². The Balaban J connectivity index is 1.24. The first-order valence-corrected chi connectivity index (χ1v) is 9.56. The minimum atomic E-state index is -0.475. The van der Waals surface area contributed by atoms with Crippen molar-refractivity contribution < 1.29 is 14.2 Å². The number of hydrogen-bond acceptors (Lipinski definition) is 5. The molecule has 0 unspecified atom stereocenters. The van der Waals surface area contributed by atoms with E-state index < -0.39 is 5.95 Å². The van der Waals surface area contributed by atoms with Gasteiger partial charge in [-0.25, -0.2) is 4.98 Å². The molecule has 0 amide bonds. The van der Waals surface area contributed by atoms with Gasteiger partial charge in [-0.15, -0.1) is 11.8 Å². The Kier molecular flexibility index (Phi) is 4.81. The van der Waals surface area contributed by atoms with Crippen LogP contribution < -0.4 is 4.74 Å². The van der Waals surface area contributed by atoms with Crippen LogP contribution >= 0.6 is 11.8 Å². The van der Waals surface area contributed by atoms with Gasteiger partial charge in [-0.1, -0.05) is 0 Å². The van der Waals surface area contributed by atoms with Crippen molar-refractivity contribution in [3.05, 3.63) is 48.5 Å². The number of aromatic nitrogens is 1. The first kappa shape index (κ1) is 16.7. The van der Waals surface area contributed by atoms with Crippen molar-refractivity contribution in [2.75, 3.05) is 19.0 Å². The Labute approximate surface area is 151 Å². The number of likely N-dealkylation sites (tertiary alicyclic amines) is 1. The summed E-state index contributed by atoms with van der Waals surface area (Å²) in [4.78, 5) is 7.33. The monoisotopic (exact) mass is 360 g/mol. The van der Waals surface area contributed by atoms with Crippen LogP contribution in [0.2, 0.25) is 0 Å². The van der Waals surface area contributed by atoms with E-state index in [0.717, 1.165) is 31.8 Å². The molecule has 2 aliphatic rings. The smallest absolute Gasteiger partial charge is 0.213 e. The number of fused-ring (bicyclic) bond motifs is 1. The summed E-state index contributed by atoms with van der Waals surface area (Å²) >= 11 is 1.81. The molecule has 4 rings (SSSR count). The Hall–Kier alpha value is -1.79. The standard InChI is InChI=1S/C19H21FN2O2S/c20-19-6-3-16(9-21-19)24-17-7-13-10-22(11-14(13)8-17)12-25-18-4-1-15(23)2-5-18/h1-6,9,13-14,17,23H,7-8,10-12H2/t13-,14+,17+. The number of phenolic OH excluding ortho intramolecular Hbond substituents is 1. The van der Waals surface area contributed by atoms with E-state index in [0.29, 0.717) is 23.3 Å². The minimum absolute atomic E-state index is 0.217. The third-order valence-electron chi connectivity index (χ3n) is 5.04. The van der Waals surface area contributed by atoms with Gasteiger partial charge in [0.25, 0.3) is 0 Å². The summed E-state index contributed by atoms with van der Waals surface area (Å²) < 4.78 is 18.8. The summed E-state index contributed by atoms with van der Waals surface area (Å²) in [5, 5.41) is 9.34. The van der Waals surface area contributed by atoms with Gasteiger partial charge in [0.2, 0.25) is 5.95 Å². The maximum Gasteiger partial charge on any atom is 0.213 e. The average Bonchev–Trinajstić information content (AvgIpc) is 3.14. The Morgan fingerprint density at radius 2 is 1.84 bits per heavy atom. The molecule has 1 saturated carbocycles. The summed E-state index contributed by atoms with van der Waals surface area (Å²) in [5.41, 5.74) is 0. The van der Waals surface area contributed by atoms with Gasteiger partial charge in [0, 0.05) is 23.9 Å². The zero-order valence-electron chi connectivity index (χ0n) is 13.8. The highest BCUT2D eigenvalue weighted by atomic mass is 32.2. The van der Waals surface area contributed by atoms with E-state index in [1.807, 2.05) is 23.9 Å². The van der Waals surface area contributed by atoms with E-state index in [2.05, 4.69) is 9.88 Å². The Morgan fingerprint density at radius 3 is 2.48 bits per heavy atom. The van der Waals surface area contributed by atoms with Crippen molar-refractivity contribution in [2.24, 2.45) is 11.8 Å². The van der Waals surface area contributed by atoms with Gasteiger partial charge in [-0.2, -0.15) is 4.39 Å². The van der Waals surface area contributed by atoms with E-state index in [4.69, 9.17) is 4.74 Å². The Bertz CT molecular complexity index is 696. The molecule has 1 aliphatic carbocycles. The van der Waals surface area contributed by atoms with Crippen molar-refractivity contribution >= 4 is 11.8 Å². The van der Waals surface area contributed by atoms with Crippen LogP contribution in [0.25, 0.3) is 0 Å². The molecule has 1 saturated heterocycles. The summed E-state index contributed by atoms with van der Waals surface area (Å²) in [5.74, 6) is 2.83. The van der Waals surface area contributed by atoms with Crippen LogP contribution in [-0.4, -0.2) is 40.1 Å². The molecule has 6 heteroatoms. The summed E-state index contributed by atoms with van der Waals surface area (Å²) in [7, 11) is 0. The fourth-order valence-corrected chi connectivity index (χ4v) is 4.75. The quantitative estimate of drug-likeness (QED) is 0.650. The van der Waals surface area contributed by atoms with Crippen LogP contribution in [0.15, 0.2) is 47.5 Å². The van der Waals surface area contributed by atoms with Gasteiger partial charge in [0.1, 0.15) is 11.5 Å². The number of nitrogens with zero attached hydrogens (tertiary/aromatic N) is 2. The molecular formula is C19H21FN2O2S. The molecule has 1 N–H and O–H groups in total. The first-order chi connectivity index (χ1) is 12.2. The van der Waals surface area contributed by atoms with Crippen LogP contribution in [0, 0.1) is 17.8 Å². The highest BCUT2D eigenvalue weighted by molar-refractivity contribution is 7.99. The van der Waals surface area contributed by atoms with Crippen molar-refractivity contribution in [1.82, 2.24) is 9.88 Å². The second-order valence-corrected chi connectivity index (χ2v) is 7.87. The second-order valence-electron chi connectivity index (χ2n) is 6.85. The number of halogens is 1. The highest BCUT2D eigenvalue weighted by Crippen LogP contribution is 2.40. The van der Waals surface area contributed by atoms with Crippen molar-refractivity contribution in [2.45, 2.75) is 23.8 Å². The number of aromatic hydroxyl groups is 1. The van der Waals surface area contributed by atoms with E-state index in [1.165, 1.54) is 17.2 Å². The van der Waals surface area contributed by atoms with Gasteiger partial charge in [0.15, 0.2) is 0 Å². The van der Waals surface area contributed by atoms with Gasteiger partial charge < -0.3 is 9.84 Å². The second kappa shape index (κ2) is 7.22. The lowest BCUT2D eigenvalue weighted by Crippen LogP contribution is -2.24. The van der Waals surface area contributed by atoms with Gasteiger partial charge in [-0.05, 0) is 61.1 Å². The fraction of sp³-hybridized carbons (Fsp3) is 0.421. The topological polar surface area (TPSA) is 45.6 Å². The molecule has 1 aromatic heterocycles. The molecule has 0 bridgehead atoms.